The summed E-state index contributed by atoms with van der Waals surface area (Å²) in [5.74, 6) is 0. The van der Waals surface area contributed by atoms with Crippen LogP contribution in [0.4, 0.5) is 0 Å². The van der Waals surface area contributed by atoms with Crippen LogP contribution >= 0.6 is 8.58 Å². The molecule has 0 spiro atoms. The summed E-state index contributed by atoms with van der Waals surface area (Å²) in [5.41, 5.74) is 4.65. The third-order valence-electron chi connectivity index (χ3n) is 3.55. The standard InChI is InChI=1S/C16H17P.C2H6/c1-3-7-13(8-4-1)15-11-12-16(17-15)14-9-5-2-6-10-14;1-2/h1-10,15-17H,11-12H2;1-2H3/t15-,16-;/m1./s1. The molecule has 0 radical (unpaired) electrons. The summed E-state index contributed by atoms with van der Waals surface area (Å²) >= 11 is 0. The fourth-order valence-corrected chi connectivity index (χ4v) is 4.56. The summed E-state index contributed by atoms with van der Waals surface area (Å²) in [6.45, 7) is 4.00. The Morgan fingerprint density at radius 1 is 0.684 bits per heavy atom. The zero-order valence-corrected chi connectivity index (χ0v) is 12.8. The van der Waals surface area contributed by atoms with E-state index >= 15 is 0 Å². The van der Waals surface area contributed by atoms with E-state index in [4.69, 9.17) is 0 Å². The molecular formula is C18H23P. The number of benzene rings is 2. The molecule has 1 fully saturated rings. The summed E-state index contributed by atoms with van der Waals surface area (Å²) in [5, 5.41) is 0. The molecule has 1 aliphatic heterocycles. The number of rotatable bonds is 2. The lowest BCUT2D eigenvalue weighted by molar-refractivity contribution is 0.765. The summed E-state index contributed by atoms with van der Waals surface area (Å²) in [6.07, 6.45) is 2.70. The predicted molar refractivity (Wildman–Crippen MR) is 87.3 cm³/mol. The van der Waals surface area contributed by atoms with Gasteiger partial charge in [-0.15, -0.1) is 8.58 Å². The van der Waals surface area contributed by atoms with Gasteiger partial charge in [0.1, 0.15) is 0 Å². The van der Waals surface area contributed by atoms with Gasteiger partial charge in [-0.25, -0.2) is 0 Å². The Bertz CT molecular complexity index is 418. The van der Waals surface area contributed by atoms with E-state index < -0.39 is 0 Å². The molecular weight excluding hydrogens is 247 g/mol. The minimum Gasteiger partial charge on any atom is -0.107 e. The Balaban J connectivity index is 0.000000637. The van der Waals surface area contributed by atoms with E-state index in [1.54, 1.807) is 0 Å². The molecule has 19 heavy (non-hydrogen) atoms. The largest absolute Gasteiger partial charge is 0.107 e. The number of hydrogen-bond donors (Lipinski definition) is 0. The van der Waals surface area contributed by atoms with E-state index in [2.05, 4.69) is 60.7 Å². The Morgan fingerprint density at radius 2 is 1.05 bits per heavy atom. The molecule has 0 nitrogen and oxygen atoms in total. The van der Waals surface area contributed by atoms with Crippen LogP contribution in [0.15, 0.2) is 60.7 Å². The molecule has 1 heterocycles. The molecule has 0 aromatic heterocycles. The Morgan fingerprint density at radius 3 is 1.42 bits per heavy atom. The van der Waals surface area contributed by atoms with Crippen molar-refractivity contribution < 1.29 is 0 Å². The normalized spacial score (nSPS) is 21.6. The van der Waals surface area contributed by atoms with Crippen molar-refractivity contribution in [3.63, 3.8) is 0 Å². The van der Waals surface area contributed by atoms with Crippen LogP contribution in [0.3, 0.4) is 0 Å². The van der Waals surface area contributed by atoms with E-state index in [1.807, 2.05) is 13.8 Å². The van der Waals surface area contributed by atoms with Crippen LogP contribution in [0.25, 0.3) is 0 Å². The van der Waals surface area contributed by atoms with Gasteiger partial charge in [0.15, 0.2) is 0 Å². The second-order valence-electron chi connectivity index (χ2n) is 4.67. The first-order valence-corrected chi connectivity index (χ1v) is 8.45. The quantitative estimate of drug-likeness (QED) is 0.590. The minimum absolute atomic E-state index is 0.793. The van der Waals surface area contributed by atoms with E-state index in [0.29, 0.717) is 0 Å². The SMILES string of the molecule is CC.c1ccc([C@H]2CC[C@H](c3ccccc3)P2)cc1. The summed E-state index contributed by atoms with van der Waals surface area (Å²) < 4.78 is 0. The molecule has 0 aliphatic carbocycles. The van der Waals surface area contributed by atoms with E-state index in [9.17, 15) is 0 Å². The zero-order chi connectivity index (χ0) is 13.5. The molecule has 2 aromatic carbocycles. The van der Waals surface area contributed by atoms with Gasteiger partial charge in [0.05, 0.1) is 0 Å². The second-order valence-corrected chi connectivity index (χ2v) is 6.40. The molecule has 1 aliphatic rings. The maximum Gasteiger partial charge on any atom is 0.00200 e. The molecule has 2 aromatic rings. The Hall–Kier alpha value is -1.13. The van der Waals surface area contributed by atoms with Gasteiger partial charge in [0.25, 0.3) is 0 Å². The van der Waals surface area contributed by atoms with E-state index in [1.165, 1.54) is 24.0 Å². The van der Waals surface area contributed by atoms with E-state index in [0.717, 1.165) is 19.9 Å². The lowest BCUT2D eigenvalue weighted by atomic mass is 10.0. The molecule has 0 amide bonds. The van der Waals surface area contributed by atoms with Crippen LogP contribution in [0, 0.1) is 0 Å². The highest BCUT2D eigenvalue weighted by Gasteiger charge is 2.26. The highest BCUT2D eigenvalue weighted by atomic mass is 31.1. The topological polar surface area (TPSA) is 0 Å². The maximum atomic E-state index is 2.28. The third kappa shape index (κ3) is 3.67. The Labute approximate surface area is 119 Å². The summed E-state index contributed by atoms with van der Waals surface area (Å²) in [6, 6.07) is 22.0. The smallest absolute Gasteiger partial charge is 0.00200 e. The molecule has 0 saturated carbocycles. The Kier molecular flexibility index (Phi) is 5.61. The lowest BCUT2D eigenvalue weighted by Gasteiger charge is -2.12. The minimum atomic E-state index is 0.793. The van der Waals surface area contributed by atoms with Gasteiger partial charge in [-0.05, 0) is 24.0 Å². The van der Waals surface area contributed by atoms with Crippen molar-refractivity contribution in [3.8, 4) is 0 Å². The van der Waals surface area contributed by atoms with Crippen LogP contribution in [-0.2, 0) is 0 Å². The van der Waals surface area contributed by atoms with Crippen molar-refractivity contribution in [2.75, 3.05) is 0 Å². The predicted octanol–water partition coefficient (Wildman–Crippen LogP) is 5.97. The van der Waals surface area contributed by atoms with Gasteiger partial charge in [-0.2, -0.15) is 0 Å². The fraction of sp³-hybridized carbons (Fsp3) is 0.333. The average Bonchev–Trinajstić information content (AvgIpc) is 3.01. The monoisotopic (exact) mass is 270 g/mol. The maximum absolute atomic E-state index is 2.28. The van der Waals surface area contributed by atoms with Gasteiger partial charge in [-0.3, -0.25) is 0 Å². The molecule has 1 heteroatoms. The van der Waals surface area contributed by atoms with Crippen LogP contribution < -0.4 is 0 Å². The van der Waals surface area contributed by atoms with Crippen molar-refractivity contribution in [3.05, 3.63) is 71.8 Å². The van der Waals surface area contributed by atoms with Crippen molar-refractivity contribution >= 4 is 8.58 Å². The molecule has 1 saturated heterocycles. The summed E-state index contributed by atoms with van der Waals surface area (Å²) in [7, 11) is 1.05. The van der Waals surface area contributed by atoms with Crippen molar-refractivity contribution in [1.82, 2.24) is 0 Å². The fourth-order valence-electron chi connectivity index (χ4n) is 2.64. The first-order valence-electron chi connectivity index (χ1n) is 7.29. The number of hydrogen-bond acceptors (Lipinski definition) is 0. The molecule has 0 bridgehead atoms. The van der Waals surface area contributed by atoms with Crippen LogP contribution in [0.5, 0.6) is 0 Å². The van der Waals surface area contributed by atoms with Crippen LogP contribution in [-0.4, -0.2) is 0 Å². The van der Waals surface area contributed by atoms with Gasteiger partial charge in [0.2, 0.25) is 0 Å². The van der Waals surface area contributed by atoms with Gasteiger partial charge >= 0.3 is 0 Å². The third-order valence-corrected chi connectivity index (χ3v) is 5.60. The van der Waals surface area contributed by atoms with E-state index in [-0.39, 0.29) is 0 Å². The van der Waals surface area contributed by atoms with Gasteiger partial charge in [-0.1, -0.05) is 74.5 Å². The van der Waals surface area contributed by atoms with Crippen molar-refractivity contribution in [1.29, 1.82) is 0 Å². The molecule has 0 unspecified atom stereocenters. The molecule has 3 rings (SSSR count). The van der Waals surface area contributed by atoms with Gasteiger partial charge in [0, 0.05) is 11.3 Å². The zero-order valence-electron chi connectivity index (χ0n) is 11.8. The summed E-state index contributed by atoms with van der Waals surface area (Å²) in [4.78, 5) is 0. The van der Waals surface area contributed by atoms with Crippen LogP contribution in [0.1, 0.15) is 49.1 Å². The van der Waals surface area contributed by atoms with Crippen LogP contribution in [0.2, 0.25) is 0 Å². The van der Waals surface area contributed by atoms with Gasteiger partial charge < -0.3 is 0 Å². The van der Waals surface area contributed by atoms with Crippen molar-refractivity contribution in [2.45, 2.75) is 38.0 Å². The average molecular weight is 270 g/mol. The molecule has 100 valence electrons. The highest BCUT2D eigenvalue weighted by molar-refractivity contribution is 7.39. The first-order chi connectivity index (χ1) is 9.43. The second kappa shape index (κ2) is 7.46. The van der Waals surface area contributed by atoms with Crippen molar-refractivity contribution in [2.24, 2.45) is 0 Å². The molecule has 2 atom stereocenters. The highest BCUT2D eigenvalue weighted by Crippen LogP contribution is 2.57. The lowest BCUT2D eigenvalue weighted by Crippen LogP contribution is -1.85. The molecule has 0 N–H and O–H groups in total. The first kappa shape index (κ1) is 14.3.